The topological polar surface area (TPSA) is 54.2 Å². The fourth-order valence-corrected chi connectivity index (χ4v) is 3.02. The summed E-state index contributed by atoms with van der Waals surface area (Å²) >= 11 is 0. The number of piperidine rings is 1. The third-order valence-corrected chi connectivity index (χ3v) is 4.03. The molecule has 0 aliphatic carbocycles. The van der Waals surface area contributed by atoms with Gasteiger partial charge >= 0.3 is 0 Å². The molecule has 1 N–H and O–H groups in total. The van der Waals surface area contributed by atoms with E-state index in [0.717, 1.165) is 44.0 Å². The average Bonchev–Trinajstić information content (AvgIpc) is 2.75. The summed E-state index contributed by atoms with van der Waals surface area (Å²) in [5.41, 5.74) is 0. The first-order chi connectivity index (χ1) is 8.27. The van der Waals surface area contributed by atoms with Crippen LogP contribution in [0.25, 0.3) is 0 Å². The van der Waals surface area contributed by atoms with Gasteiger partial charge in [-0.05, 0) is 39.3 Å². The number of nitrogens with zero attached hydrogens (tertiary/aromatic N) is 4. The van der Waals surface area contributed by atoms with Gasteiger partial charge in [0.25, 0.3) is 0 Å². The van der Waals surface area contributed by atoms with Gasteiger partial charge in [-0.3, -0.25) is 4.90 Å². The van der Waals surface area contributed by atoms with Gasteiger partial charge in [0.05, 0.1) is 6.04 Å². The van der Waals surface area contributed by atoms with Crippen molar-refractivity contribution in [3.05, 3.63) is 11.6 Å². The molecule has 0 aromatic carbocycles. The van der Waals surface area contributed by atoms with Crippen molar-refractivity contribution < 1.29 is 5.11 Å². The third-order valence-electron chi connectivity index (χ3n) is 4.03. The molecule has 2 atom stereocenters. The monoisotopic (exact) mass is 236 g/mol. The van der Waals surface area contributed by atoms with Crippen molar-refractivity contribution in [1.82, 2.24) is 19.7 Å². The molecular weight excluding hydrogens is 216 g/mol. The first kappa shape index (κ1) is 11.2. The van der Waals surface area contributed by atoms with Gasteiger partial charge in [-0.15, -0.1) is 10.2 Å². The number of aliphatic hydroxyl groups excluding tert-OH is 1. The summed E-state index contributed by atoms with van der Waals surface area (Å²) in [6.07, 6.45) is 5.12. The van der Waals surface area contributed by atoms with Crippen LogP contribution in [-0.2, 0) is 6.54 Å². The minimum atomic E-state index is -0.418. The van der Waals surface area contributed by atoms with E-state index < -0.39 is 6.10 Å². The minimum Gasteiger partial charge on any atom is -0.385 e. The molecule has 2 unspecified atom stereocenters. The van der Waals surface area contributed by atoms with Gasteiger partial charge in [0, 0.05) is 6.54 Å². The van der Waals surface area contributed by atoms with Crippen LogP contribution < -0.4 is 0 Å². The zero-order valence-electron chi connectivity index (χ0n) is 10.3. The third kappa shape index (κ3) is 1.87. The van der Waals surface area contributed by atoms with Crippen molar-refractivity contribution in [3.63, 3.8) is 0 Å². The summed E-state index contributed by atoms with van der Waals surface area (Å²) in [7, 11) is 2.16. The van der Waals surface area contributed by atoms with E-state index in [1.807, 2.05) is 0 Å². The molecule has 2 aliphatic rings. The molecule has 3 heterocycles. The summed E-state index contributed by atoms with van der Waals surface area (Å²) in [6, 6.07) is 0.385. The predicted molar refractivity (Wildman–Crippen MR) is 63.4 cm³/mol. The Balaban J connectivity index is 1.92. The van der Waals surface area contributed by atoms with Gasteiger partial charge in [0.2, 0.25) is 0 Å². The summed E-state index contributed by atoms with van der Waals surface area (Å²) < 4.78 is 2.14. The van der Waals surface area contributed by atoms with Gasteiger partial charge in [0.1, 0.15) is 11.9 Å². The highest BCUT2D eigenvalue weighted by atomic mass is 16.3. The first-order valence-corrected chi connectivity index (χ1v) is 6.58. The van der Waals surface area contributed by atoms with Crippen molar-refractivity contribution in [2.45, 2.75) is 50.8 Å². The Kier molecular flexibility index (Phi) is 2.88. The van der Waals surface area contributed by atoms with E-state index in [1.54, 1.807) is 0 Å². The lowest BCUT2D eigenvalue weighted by Crippen LogP contribution is -2.32. The lowest BCUT2D eigenvalue weighted by atomic mass is 10.0. The quantitative estimate of drug-likeness (QED) is 0.797. The van der Waals surface area contributed by atoms with E-state index in [4.69, 9.17) is 0 Å². The Morgan fingerprint density at radius 3 is 2.71 bits per heavy atom. The van der Waals surface area contributed by atoms with E-state index in [-0.39, 0.29) is 0 Å². The zero-order chi connectivity index (χ0) is 11.8. The molecule has 0 amide bonds. The Morgan fingerprint density at radius 2 is 1.88 bits per heavy atom. The number of aliphatic hydroxyl groups is 1. The molecular formula is C12H20N4O. The normalized spacial score (nSPS) is 30.2. The molecule has 0 bridgehead atoms. The average molecular weight is 236 g/mol. The number of hydrogen-bond acceptors (Lipinski definition) is 4. The lowest BCUT2D eigenvalue weighted by Gasteiger charge is -2.32. The molecule has 0 spiro atoms. The van der Waals surface area contributed by atoms with Crippen LogP contribution in [0.2, 0.25) is 0 Å². The maximum absolute atomic E-state index is 9.90. The number of hydrogen-bond donors (Lipinski definition) is 1. The second-order valence-electron chi connectivity index (χ2n) is 5.22. The van der Waals surface area contributed by atoms with Crippen molar-refractivity contribution in [2.75, 3.05) is 13.6 Å². The fourth-order valence-electron chi connectivity index (χ4n) is 3.02. The number of aromatic nitrogens is 3. The SMILES string of the molecule is CN1CCCCC1c1nnc2n1CCCC2O. The van der Waals surface area contributed by atoms with Gasteiger partial charge in [0.15, 0.2) is 5.82 Å². The van der Waals surface area contributed by atoms with E-state index in [1.165, 1.54) is 12.8 Å². The summed E-state index contributed by atoms with van der Waals surface area (Å²) in [4.78, 5) is 2.36. The van der Waals surface area contributed by atoms with Crippen LogP contribution in [0.15, 0.2) is 0 Å². The molecule has 1 fully saturated rings. The van der Waals surface area contributed by atoms with Crippen LogP contribution >= 0.6 is 0 Å². The fraction of sp³-hybridized carbons (Fsp3) is 0.833. The second kappa shape index (κ2) is 4.38. The van der Waals surface area contributed by atoms with Crippen molar-refractivity contribution >= 4 is 0 Å². The summed E-state index contributed by atoms with van der Waals surface area (Å²) in [5, 5.41) is 18.4. The van der Waals surface area contributed by atoms with Crippen molar-refractivity contribution in [3.8, 4) is 0 Å². The highest BCUT2D eigenvalue weighted by molar-refractivity contribution is 5.06. The van der Waals surface area contributed by atoms with Gasteiger partial charge < -0.3 is 9.67 Å². The lowest BCUT2D eigenvalue weighted by molar-refractivity contribution is 0.128. The van der Waals surface area contributed by atoms with Crippen molar-refractivity contribution in [1.29, 1.82) is 0 Å². The molecule has 1 saturated heterocycles. The largest absolute Gasteiger partial charge is 0.385 e. The van der Waals surface area contributed by atoms with Crippen LogP contribution in [0.1, 0.15) is 55.9 Å². The minimum absolute atomic E-state index is 0.385. The highest BCUT2D eigenvalue weighted by Crippen LogP contribution is 2.32. The number of fused-ring (bicyclic) bond motifs is 1. The molecule has 0 saturated carbocycles. The van der Waals surface area contributed by atoms with Crippen molar-refractivity contribution in [2.24, 2.45) is 0 Å². The molecule has 1 aromatic rings. The highest BCUT2D eigenvalue weighted by Gasteiger charge is 2.30. The van der Waals surface area contributed by atoms with Gasteiger partial charge in [-0.2, -0.15) is 0 Å². The Morgan fingerprint density at radius 1 is 1.06 bits per heavy atom. The first-order valence-electron chi connectivity index (χ1n) is 6.58. The number of likely N-dealkylation sites (tertiary alicyclic amines) is 1. The van der Waals surface area contributed by atoms with E-state index in [9.17, 15) is 5.11 Å². The number of rotatable bonds is 1. The smallest absolute Gasteiger partial charge is 0.162 e. The van der Waals surface area contributed by atoms with Crippen LogP contribution in [0.3, 0.4) is 0 Å². The van der Waals surface area contributed by atoms with E-state index >= 15 is 0 Å². The maximum Gasteiger partial charge on any atom is 0.162 e. The van der Waals surface area contributed by atoms with E-state index in [0.29, 0.717) is 6.04 Å². The summed E-state index contributed by atoms with van der Waals surface area (Å²) in [5.74, 6) is 1.83. The van der Waals surface area contributed by atoms with Crippen LogP contribution in [-0.4, -0.2) is 38.4 Å². The maximum atomic E-state index is 9.90. The predicted octanol–water partition coefficient (Wildman–Crippen LogP) is 1.26. The molecule has 1 aromatic heterocycles. The standard InChI is InChI=1S/C12H20N4O/c1-15-7-3-2-5-9(15)11-13-14-12-10(17)6-4-8-16(11)12/h9-10,17H,2-8H2,1H3. The van der Waals surface area contributed by atoms with Crippen LogP contribution in [0.5, 0.6) is 0 Å². The molecule has 17 heavy (non-hydrogen) atoms. The zero-order valence-corrected chi connectivity index (χ0v) is 10.3. The molecule has 2 aliphatic heterocycles. The van der Waals surface area contributed by atoms with Crippen LogP contribution in [0, 0.1) is 0 Å². The molecule has 94 valence electrons. The summed E-state index contributed by atoms with van der Waals surface area (Å²) in [6.45, 7) is 2.09. The van der Waals surface area contributed by atoms with Gasteiger partial charge in [-0.25, -0.2) is 0 Å². The Bertz CT molecular complexity index is 403. The van der Waals surface area contributed by atoms with E-state index in [2.05, 4.69) is 26.7 Å². The molecule has 5 heteroatoms. The Labute approximate surface area is 101 Å². The second-order valence-corrected chi connectivity index (χ2v) is 5.22. The Hall–Kier alpha value is -0.940. The van der Waals surface area contributed by atoms with Crippen LogP contribution in [0.4, 0.5) is 0 Å². The molecule has 0 radical (unpaired) electrons. The van der Waals surface area contributed by atoms with Gasteiger partial charge in [-0.1, -0.05) is 6.42 Å². The molecule has 5 nitrogen and oxygen atoms in total. The molecule has 3 rings (SSSR count).